The Labute approximate surface area is 129 Å². The van der Waals surface area contributed by atoms with Crippen LogP contribution in [0.1, 0.15) is 0 Å². The molecule has 1 aromatic heterocycles. The van der Waals surface area contributed by atoms with Gasteiger partial charge in [-0.2, -0.15) is 0 Å². The molecule has 0 saturated heterocycles. The van der Waals surface area contributed by atoms with E-state index in [1.165, 1.54) is 0 Å². The van der Waals surface area contributed by atoms with Crippen LogP contribution in [0.2, 0.25) is 5.02 Å². The first-order chi connectivity index (χ1) is 9.74. The molecule has 102 valence electrons. The summed E-state index contributed by atoms with van der Waals surface area (Å²) in [6, 6.07) is 13.3. The molecule has 4 nitrogen and oxygen atoms in total. The van der Waals surface area contributed by atoms with E-state index in [2.05, 4.69) is 26.2 Å². The first-order valence-corrected chi connectivity index (χ1v) is 7.27. The van der Waals surface area contributed by atoms with E-state index in [4.69, 9.17) is 16.3 Å². The summed E-state index contributed by atoms with van der Waals surface area (Å²) in [5, 5.41) is 8.89. The Morgan fingerprint density at radius 3 is 2.90 bits per heavy atom. The molecule has 3 rings (SSSR count). The van der Waals surface area contributed by atoms with Crippen LogP contribution in [0.3, 0.4) is 0 Å². The minimum atomic E-state index is 0.508. The van der Waals surface area contributed by atoms with Gasteiger partial charge in [-0.15, -0.1) is 5.10 Å². The standard InChI is InChI=1S/C14H11BrClN3O/c15-11-9-10(16)5-6-14(11)20-8-7-19-13-4-2-1-3-12(13)17-18-19/h1-6,9H,7-8H2. The van der Waals surface area contributed by atoms with E-state index in [-0.39, 0.29) is 0 Å². The Kier molecular flexibility index (Phi) is 3.89. The molecule has 0 amide bonds. The van der Waals surface area contributed by atoms with Crippen LogP contribution in [-0.2, 0) is 6.54 Å². The smallest absolute Gasteiger partial charge is 0.133 e. The largest absolute Gasteiger partial charge is 0.490 e. The summed E-state index contributed by atoms with van der Waals surface area (Å²) in [4.78, 5) is 0. The van der Waals surface area contributed by atoms with Gasteiger partial charge in [0.05, 0.1) is 16.5 Å². The maximum absolute atomic E-state index is 5.89. The highest BCUT2D eigenvalue weighted by atomic mass is 79.9. The number of para-hydroxylation sites is 1. The van der Waals surface area contributed by atoms with Gasteiger partial charge < -0.3 is 4.74 Å². The summed E-state index contributed by atoms with van der Waals surface area (Å²) >= 11 is 9.31. The van der Waals surface area contributed by atoms with Crippen LogP contribution in [-0.4, -0.2) is 21.6 Å². The van der Waals surface area contributed by atoms with Crippen LogP contribution in [0.25, 0.3) is 11.0 Å². The van der Waals surface area contributed by atoms with Gasteiger partial charge in [0, 0.05) is 5.02 Å². The van der Waals surface area contributed by atoms with Crippen molar-refractivity contribution in [2.24, 2.45) is 0 Å². The minimum Gasteiger partial charge on any atom is -0.490 e. The third-order valence-corrected chi connectivity index (χ3v) is 3.73. The summed E-state index contributed by atoms with van der Waals surface area (Å²) < 4.78 is 8.39. The molecule has 0 radical (unpaired) electrons. The zero-order chi connectivity index (χ0) is 13.9. The lowest BCUT2D eigenvalue weighted by Crippen LogP contribution is -2.09. The summed E-state index contributed by atoms with van der Waals surface area (Å²) in [5.41, 5.74) is 1.89. The number of rotatable bonds is 4. The maximum Gasteiger partial charge on any atom is 0.133 e. The van der Waals surface area contributed by atoms with Crippen LogP contribution < -0.4 is 4.74 Å². The first kappa shape index (κ1) is 13.4. The zero-order valence-electron chi connectivity index (χ0n) is 10.5. The van der Waals surface area contributed by atoms with Gasteiger partial charge in [-0.05, 0) is 46.3 Å². The Balaban J connectivity index is 1.68. The van der Waals surface area contributed by atoms with Crippen molar-refractivity contribution in [3.05, 3.63) is 52.0 Å². The van der Waals surface area contributed by atoms with Crippen LogP contribution in [0.15, 0.2) is 46.9 Å². The highest BCUT2D eigenvalue weighted by Crippen LogP contribution is 2.27. The molecular formula is C14H11BrClN3O. The number of hydrogen-bond donors (Lipinski definition) is 0. The summed E-state index contributed by atoms with van der Waals surface area (Å²) in [6.45, 7) is 1.14. The lowest BCUT2D eigenvalue weighted by atomic mass is 10.3. The number of aromatic nitrogens is 3. The van der Waals surface area contributed by atoms with Crippen molar-refractivity contribution >= 4 is 38.6 Å². The molecule has 0 aliphatic rings. The molecule has 0 bridgehead atoms. The second-order valence-electron chi connectivity index (χ2n) is 4.22. The van der Waals surface area contributed by atoms with E-state index in [1.54, 1.807) is 6.07 Å². The first-order valence-electron chi connectivity index (χ1n) is 6.10. The highest BCUT2D eigenvalue weighted by molar-refractivity contribution is 9.10. The van der Waals surface area contributed by atoms with Gasteiger partial charge in [0.25, 0.3) is 0 Å². The van der Waals surface area contributed by atoms with Crippen molar-refractivity contribution in [2.75, 3.05) is 6.61 Å². The molecule has 0 fully saturated rings. The van der Waals surface area contributed by atoms with E-state index >= 15 is 0 Å². The molecule has 0 unspecified atom stereocenters. The normalized spacial score (nSPS) is 10.9. The molecule has 0 aliphatic heterocycles. The van der Waals surface area contributed by atoms with E-state index in [1.807, 2.05) is 41.1 Å². The fourth-order valence-corrected chi connectivity index (χ4v) is 2.71. The number of hydrogen-bond acceptors (Lipinski definition) is 3. The van der Waals surface area contributed by atoms with Gasteiger partial charge >= 0.3 is 0 Å². The summed E-state index contributed by atoms with van der Waals surface area (Å²) in [6.07, 6.45) is 0. The molecule has 0 N–H and O–H groups in total. The number of ether oxygens (including phenoxy) is 1. The molecule has 3 aromatic rings. The average molecular weight is 353 g/mol. The molecular weight excluding hydrogens is 342 g/mol. The number of benzene rings is 2. The maximum atomic E-state index is 5.89. The van der Waals surface area contributed by atoms with Crippen LogP contribution in [0, 0.1) is 0 Å². The van der Waals surface area contributed by atoms with Crippen molar-refractivity contribution in [2.45, 2.75) is 6.54 Å². The Hall–Kier alpha value is -1.59. The summed E-state index contributed by atoms with van der Waals surface area (Å²) in [5.74, 6) is 0.763. The second-order valence-corrected chi connectivity index (χ2v) is 5.52. The fourth-order valence-electron chi connectivity index (χ4n) is 1.92. The third-order valence-electron chi connectivity index (χ3n) is 2.87. The fraction of sp³-hybridized carbons (Fsp3) is 0.143. The van der Waals surface area contributed by atoms with E-state index in [9.17, 15) is 0 Å². The van der Waals surface area contributed by atoms with Crippen molar-refractivity contribution < 1.29 is 4.74 Å². The molecule has 0 saturated carbocycles. The number of halogens is 2. The quantitative estimate of drug-likeness (QED) is 0.714. The Morgan fingerprint density at radius 2 is 2.05 bits per heavy atom. The summed E-state index contributed by atoms with van der Waals surface area (Å²) in [7, 11) is 0. The Morgan fingerprint density at radius 1 is 1.20 bits per heavy atom. The van der Waals surface area contributed by atoms with Gasteiger partial charge in [-0.1, -0.05) is 28.9 Å². The van der Waals surface area contributed by atoms with Gasteiger partial charge in [0.2, 0.25) is 0 Å². The molecule has 6 heteroatoms. The van der Waals surface area contributed by atoms with Crippen molar-refractivity contribution in [3.63, 3.8) is 0 Å². The van der Waals surface area contributed by atoms with Crippen LogP contribution in [0.4, 0.5) is 0 Å². The molecule has 0 aliphatic carbocycles. The number of fused-ring (bicyclic) bond motifs is 1. The molecule has 2 aromatic carbocycles. The average Bonchev–Trinajstić information content (AvgIpc) is 2.85. The molecule has 0 atom stereocenters. The topological polar surface area (TPSA) is 39.9 Å². The molecule has 0 spiro atoms. The van der Waals surface area contributed by atoms with Gasteiger partial charge in [-0.25, -0.2) is 4.68 Å². The Bertz CT molecular complexity index is 744. The molecule has 1 heterocycles. The highest BCUT2D eigenvalue weighted by Gasteiger charge is 2.05. The van der Waals surface area contributed by atoms with Crippen LogP contribution in [0.5, 0.6) is 5.75 Å². The number of nitrogens with zero attached hydrogens (tertiary/aromatic N) is 3. The van der Waals surface area contributed by atoms with E-state index in [0.29, 0.717) is 18.2 Å². The molecule has 20 heavy (non-hydrogen) atoms. The SMILES string of the molecule is Clc1ccc(OCCn2nnc3ccccc32)c(Br)c1. The monoisotopic (exact) mass is 351 g/mol. The van der Waals surface area contributed by atoms with Crippen molar-refractivity contribution in [1.82, 2.24) is 15.0 Å². The zero-order valence-corrected chi connectivity index (χ0v) is 12.8. The van der Waals surface area contributed by atoms with Gasteiger partial charge in [-0.3, -0.25) is 0 Å². The van der Waals surface area contributed by atoms with Crippen molar-refractivity contribution in [1.29, 1.82) is 0 Å². The third kappa shape index (κ3) is 2.78. The second kappa shape index (κ2) is 5.81. The van der Waals surface area contributed by atoms with Crippen molar-refractivity contribution in [3.8, 4) is 5.75 Å². The van der Waals surface area contributed by atoms with E-state index < -0.39 is 0 Å². The predicted molar refractivity (Wildman–Crippen MR) is 82.2 cm³/mol. The lowest BCUT2D eigenvalue weighted by Gasteiger charge is -2.08. The van der Waals surface area contributed by atoms with E-state index in [0.717, 1.165) is 21.3 Å². The minimum absolute atomic E-state index is 0.508. The van der Waals surface area contributed by atoms with Gasteiger partial charge in [0.15, 0.2) is 0 Å². The van der Waals surface area contributed by atoms with Crippen LogP contribution >= 0.6 is 27.5 Å². The predicted octanol–water partition coefficient (Wildman–Crippen LogP) is 3.93. The van der Waals surface area contributed by atoms with Gasteiger partial charge in [0.1, 0.15) is 17.9 Å². The lowest BCUT2D eigenvalue weighted by molar-refractivity contribution is 0.290.